The highest BCUT2D eigenvalue weighted by Crippen LogP contribution is 2.28. The molecule has 0 radical (unpaired) electrons. The minimum absolute atomic E-state index is 0.717. The van der Waals surface area contributed by atoms with Gasteiger partial charge in [0, 0.05) is 5.02 Å². The van der Waals surface area contributed by atoms with Crippen LogP contribution in [0.4, 0.5) is 0 Å². The summed E-state index contributed by atoms with van der Waals surface area (Å²) in [6, 6.07) is 7.51. The number of hydrogen-bond donors (Lipinski definition) is 1. The van der Waals surface area contributed by atoms with Gasteiger partial charge in [0.1, 0.15) is 0 Å². The Kier molecular flexibility index (Phi) is 6.73. The molecule has 1 nitrogen and oxygen atoms in total. The lowest BCUT2D eigenvalue weighted by molar-refractivity contribution is 0.0448. The second-order valence-corrected chi connectivity index (χ2v) is 5.73. The molecule has 0 bridgehead atoms. The van der Waals surface area contributed by atoms with E-state index >= 15 is 0 Å². The zero-order valence-electron chi connectivity index (χ0n) is 11.6. The highest BCUT2D eigenvalue weighted by Gasteiger charge is 2.21. The molecule has 1 N–H and O–H groups in total. The van der Waals surface area contributed by atoms with Crippen molar-refractivity contribution >= 4 is 11.6 Å². The third-order valence-electron chi connectivity index (χ3n) is 3.48. The Labute approximate surface area is 116 Å². The van der Waals surface area contributed by atoms with E-state index in [0.29, 0.717) is 5.02 Å². The molecule has 0 saturated carbocycles. The lowest BCUT2D eigenvalue weighted by Gasteiger charge is -2.24. The molecule has 0 aromatic heterocycles. The quantitative estimate of drug-likeness (QED) is 0.635. The predicted octanol–water partition coefficient (Wildman–Crippen LogP) is 5.30. The summed E-state index contributed by atoms with van der Waals surface area (Å²) >= 11 is 5.86. The van der Waals surface area contributed by atoms with Crippen LogP contribution in [0.5, 0.6) is 0 Å². The first kappa shape index (κ1) is 15.5. The van der Waals surface area contributed by atoms with Crippen molar-refractivity contribution in [2.45, 2.75) is 64.4 Å². The molecule has 1 rings (SSSR count). The molecule has 1 atom stereocenters. The molecular formula is C16H25ClO. The van der Waals surface area contributed by atoms with Crippen molar-refractivity contribution in [1.29, 1.82) is 0 Å². The Hall–Kier alpha value is -0.530. The minimum Gasteiger partial charge on any atom is -0.385 e. The maximum Gasteiger partial charge on any atom is 0.0868 e. The van der Waals surface area contributed by atoms with Gasteiger partial charge in [-0.2, -0.15) is 0 Å². The molecule has 18 heavy (non-hydrogen) atoms. The lowest BCUT2D eigenvalue weighted by atomic mass is 9.90. The number of aliphatic hydroxyl groups is 1. The van der Waals surface area contributed by atoms with Gasteiger partial charge in [-0.15, -0.1) is 0 Å². The fraction of sp³-hybridized carbons (Fsp3) is 0.625. The highest BCUT2D eigenvalue weighted by molar-refractivity contribution is 6.30. The number of rotatable bonds is 8. The number of benzene rings is 1. The predicted molar refractivity (Wildman–Crippen MR) is 79.0 cm³/mol. The largest absolute Gasteiger partial charge is 0.385 e. The van der Waals surface area contributed by atoms with Crippen LogP contribution >= 0.6 is 11.6 Å². The molecule has 0 aliphatic rings. The minimum atomic E-state index is -0.727. The molecule has 1 aromatic carbocycles. The van der Waals surface area contributed by atoms with Crippen LogP contribution in [0.3, 0.4) is 0 Å². The first-order valence-electron chi connectivity index (χ1n) is 7.04. The van der Waals surface area contributed by atoms with Crippen molar-refractivity contribution in [3.63, 3.8) is 0 Å². The number of hydrogen-bond acceptors (Lipinski definition) is 1. The summed E-state index contributed by atoms with van der Waals surface area (Å²) in [5, 5.41) is 11.2. The molecule has 0 aliphatic heterocycles. The van der Waals surface area contributed by atoms with Gasteiger partial charge in [-0.3, -0.25) is 0 Å². The second kappa shape index (κ2) is 7.81. The van der Waals surface area contributed by atoms with E-state index in [1.165, 1.54) is 32.1 Å². The van der Waals surface area contributed by atoms with Crippen LogP contribution in [0.15, 0.2) is 24.3 Å². The zero-order valence-corrected chi connectivity index (χ0v) is 12.3. The molecule has 0 heterocycles. The maximum atomic E-state index is 10.4. The summed E-state index contributed by atoms with van der Waals surface area (Å²) in [6.45, 7) is 4.12. The van der Waals surface area contributed by atoms with Crippen molar-refractivity contribution in [2.75, 3.05) is 0 Å². The maximum absolute atomic E-state index is 10.4. The zero-order chi connectivity index (χ0) is 13.4. The third kappa shape index (κ3) is 5.41. The molecular weight excluding hydrogens is 244 g/mol. The SMILES string of the molecule is CCCCCCCCC(C)(O)c1ccc(Cl)cc1. The number of halogens is 1. The van der Waals surface area contributed by atoms with E-state index in [4.69, 9.17) is 11.6 Å². The molecule has 0 amide bonds. The summed E-state index contributed by atoms with van der Waals surface area (Å²) in [7, 11) is 0. The van der Waals surface area contributed by atoms with Crippen LogP contribution in [-0.2, 0) is 5.60 Å². The van der Waals surface area contributed by atoms with Crippen LogP contribution in [0, 0.1) is 0 Å². The van der Waals surface area contributed by atoms with E-state index < -0.39 is 5.60 Å². The van der Waals surface area contributed by atoms with Gasteiger partial charge in [0.15, 0.2) is 0 Å². The summed E-state index contributed by atoms with van der Waals surface area (Å²) in [4.78, 5) is 0. The summed E-state index contributed by atoms with van der Waals surface area (Å²) in [6.07, 6.45) is 8.32. The Morgan fingerprint density at radius 1 is 1.00 bits per heavy atom. The van der Waals surface area contributed by atoms with Crippen LogP contribution in [0.25, 0.3) is 0 Å². The summed E-state index contributed by atoms with van der Waals surface area (Å²) in [5.41, 5.74) is 0.232. The van der Waals surface area contributed by atoms with Gasteiger partial charge in [-0.05, 0) is 31.0 Å². The van der Waals surface area contributed by atoms with E-state index in [1.54, 1.807) is 0 Å². The van der Waals surface area contributed by atoms with Crippen molar-refractivity contribution in [3.8, 4) is 0 Å². The van der Waals surface area contributed by atoms with Gasteiger partial charge in [0.25, 0.3) is 0 Å². The Bertz CT molecular complexity index is 329. The van der Waals surface area contributed by atoms with Gasteiger partial charge >= 0.3 is 0 Å². The molecule has 0 aliphatic carbocycles. The van der Waals surface area contributed by atoms with Crippen molar-refractivity contribution in [3.05, 3.63) is 34.9 Å². The van der Waals surface area contributed by atoms with Crippen molar-refractivity contribution < 1.29 is 5.11 Å². The molecule has 0 fully saturated rings. The second-order valence-electron chi connectivity index (χ2n) is 5.30. The lowest BCUT2D eigenvalue weighted by Crippen LogP contribution is -2.20. The average molecular weight is 269 g/mol. The van der Waals surface area contributed by atoms with Gasteiger partial charge < -0.3 is 5.11 Å². The van der Waals surface area contributed by atoms with E-state index in [9.17, 15) is 5.11 Å². The number of unbranched alkanes of at least 4 members (excludes halogenated alkanes) is 5. The van der Waals surface area contributed by atoms with Gasteiger partial charge in [-0.1, -0.05) is 69.2 Å². The van der Waals surface area contributed by atoms with Crippen molar-refractivity contribution in [2.24, 2.45) is 0 Å². The topological polar surface area (TPSA) is 20.2 Å². The van der Waals surface area contributed by atoms with E-state index in [2.05, 4.69) is 6.92 Å². The van der Waals surface area contributed by atoms with E-state index in [1.807, 2.05) is 31.2 Å². The van der Waals surface area contributed by atoms with Gasteiger partial charge in [0.2, 0.25) is 0 Å². The average Bonchev–Trinajstić information content (AvgIpc) is 2.34. The Morgan fingerprint density at radius 3 is 2.17 bits per heavy atom. The molecule has 0 saturated heterocycles. The van der Waals surface area contributed by atoms with Crippen LogP contribution in [0.2, 0.25) is 5.02 Å². The fourth-order valence-electron chi connectivity index (χ4n) is 2.20. The summed E-state index contributed by atoms with van der Waals surface area (Å²) < 4.78 is 0. The first-order valence-corrected chi connectivity index (χ1v) is 7.42. The Balaban J connectivity index is 2.33. The van der Waals surface area contributed by atoms with E-state index in [0.717, 1.165) is 18.4 Å². The standard InChI is InChI=1S/C16H25ClO/c1-3-4-5-6-7-8-13-16(2,18)14-9-11-15(17)12-10-14/h9-12,18H,3-8,13H2,1-2H3. The molecule has 1 aromatic rings. The fourth-order valence-corrected chi connectivity index (χ4v) is 2.33. The third-order valence-corrected chi connectivity index (χ3v) is 3.74. The molecule has 2 heteroatoms. The van der Waals surface area contributed by atoms with Crippen molar-refractivity contribution in [1.82, 2.24) is 0 Å². The van der Waals surface area contributed by atoms with Gasteiger partial charge in [-0.25, -0.2) is 0 Å². The Morgan fingerprint density at radius 2 is 1.56 bits per heavy atom. The normalized spacial score (nSPS) is 14.4. The molecule has 0 spiro atoms. The smallest absolute Gasteiger partial charge is 0.0868 e. The van der Waals surface area contributed by atoms with Crippen LogP contribution in [0.1, 0.15) is 64.4 Å². The highest BCUT2D eigenvalue weighted by atomic mass is 35.5. The molecule has 102 valence electrons. The van der Waals surface area contributed by atoms with E-state index in [-0.39, 0.29) is 0 Å². The summed E-state index contributed by atoms with van der Waals surface area (Å²) in [5.74, 6) is 0. The molecule has 1 unspecified atom stereocenters. The monoisotopic (exact) mass is 268 g/mol. The van der Waals surface area contributed by atoms with Crippen LogP contribution < -0.4 is 0 Å². The van der Waals surface area contributed by atoms with Crippen LogP contribution in [-0.4, -0.2) is 5.11 Å². The first-order chi connectivity index (χ1) is 8.56. The van der Waals surface area contributed by atoms with Gasteiger partial charge in [0.05, 0.1) is 5.60 Å².